The highest BCUT2D eigenvalue weighted by Gasteiger charge is 2.18. The Hall–Kier alpha value is -3.23. The van der Waals surface area contributed by atoms with Crippen molar-refractivity contribution in [2.45, 2.75) is 44.7 Å². The van der Waals surface area contributed by atoms with Crippen molar-refractivity contribution < 1.29 is 4.79 Å². The smallest absolute Gasteiger partial charge is 0.328 e. The molecule has 0 unspecified atom stereocenters. The quantitative estimate of drug-likeness (QED) is 0.654. The van der Waals surface area contributed by atoms with E-state index in [9.17, 15) is 14.4 Å². The second-order valence-electron chi connectivity index (χ2n) is 7.50. The predicted molar refractivity (Wildman–Crippen MR) is 108 cm³/mol. The van der Waals surface area contributed by atoms with Crippen molar-refractivity contribution in [2.24, 2.45) is 19.1 Å². The summed E-state index contributed by atoms with van der Waals surface area (Å²) in [6.07, 6.45) is 8.64. The fraction of sp³-hybridized carbons (Fsp3) is 0.450. The topological polar surface area (TPSA) is 96.2 Å². The maximum atomic E-state index is 13.0. The molecule has 4 rings (SSSR count). The Bertz CT molecular complexity index is 1250. The second-order valence-corrected chi connectivity index (χ2v) is 7.50. The number of aryl methyl sites for hydroxylation is 2. The molecule has 0 atom stereocenters. The van der Waals surface area contributed by atoms with Gasteiger partial charge in [-0.3, -0.25) is 23.7 Å². The Morgan fingerprint density at radius 1 is 1.17 bits per heavy atom. The van der Waals surface area contributed by atoms with Crippen LogP contribution in [0.25, 0.3) is 11.2 Å². The van der Waals surface area contributed by atoms with Crippen LogP contribution in [-0.2, 0) is 20.6 Å². The molecule has 9 heteroatoms. The van der Waals surface area contributed by atoms with Gasteiger partial charge in [-0.15, -0.1) is 0 Å². The van der Waals surface area contributed by atoms with E-state index in [1.54, 1.807) is 29.9 Å². The number of carbonyl (C=O) groups excluding carboxylic acids is 1. The van der Waals surface area contributed by atoms with Crippen molar-refractivity contribution in [2.75, 3.05) is 0 Å². The molecule has 1 aliphatic rings. The Labute approximate surface area is 166 Å². The molecule has 1 fully saturated rings. The van der Waals surface area contributed by atoms with E-state index < -0.39 is 11.2 Å². The number of fused-ring (bicyclic) bond motifs is 1. The van der Waals surface area contributed by atoms with Crippen LogP contribution >= 0.6 is 0 Å². The molecule has 9 nitrogen and oxygen atoms in total. The number of nitrogens with zero attached hydrogens (tertiary/aromatic N) is 6. The molecule has 0 spiro atoms. The number of hydrogen-bond donors (Lipinski definition) is 0. The van der Waals surface area contributed by atoms with E-state index >= 15 is 0 Å². The summed E-state index contributed by atoms with van der Waals surface area (Å²) in [5.74, 6) is -0.388. The average molecular weight is 396 g/mol. The van der Waals surface area contributed by atoms with Gasteiger partial charge in [0.25, 0.3) is 11.5 Å². The lowest BCUT2D eigenvalue weighted by molar-refractivity contribution is 0.0881. The molecule has 0 N–H and O–H groups in total. The van der Waals surface area contributed by atoms with Gasteiger partial charge in [-0.1, -0.05) is 25.3 Å². The number of hydrogen-bond acceptors (Lipinski definition) is 5. The monoisotopic (exact) mass is 396 g/mol. The van der Waals surface area contributed by atoms with E-state index in [0.29, 0.717) is 11.1 Å². The van der Waals surface area contributed by atoms with Gasteiger partial charge in [-0.05, 0) is 25.0 Å². The van der Waals surface area contributed by atoms with E-state index in [0.717, 1.165) is 30.3 Å². The molecule has 0 aromatic carbocycles. The molecule has 1 saturated carbocycles. The summed E-state index contributed by atoms with van der Waals surface area (Å²) >= 11 is 0. The molecule has 29 heavy (non-hydrogen) atoms. The molecule has 1 aliphatic carbocycles. The summed E-state index contributed by atoms with van der Waals surface area (Å²) in [4.78, 5) is 47.4. The highest BCUT2D eigenvalue weighted by Crippen LogP contribution is 2.19. The van der Waals surface area contributed by atoms with Crippen molar-refractivity contribution in [1.82, 2.24) is 23.3 Å². The summed E-state index contributed by atoms with van der Waals surface area (Å²) in [5, 5.41) is 0. The fourth-order valence-corrected chi connectivity index (χ4v) is 3.89. The Morgan fingerprint density at radius 3 is 2.69 bits per heavy atom. The number of imidazole rings is 1. The van der Waals surface area contributed by atoms with Crippen LogP contribution in [0.15, 0.2) is 45.3 Å². The molecule has 0 saturated heterocycles. The summed E-state index contributed by atoms with van der Waals surface area (Å²) < 4.78 is 5.22. The lowest BCUT2D eigenvalue weighted by Crippen LogP contribution is -2.43. The van der Waals surface area contributed by atoms with Gasteiger partial charge in [0.1, 0.15) is 12.0 Å². The number of aromatic nitrogens is 5. The Kier molecular flexibility index (Phi) is 5.04. The molecule has 0 aliphatic heterocycles. The van der Waals surface area contributed by atoms with Crippen molar-refractivity contribution in [3.05, 3.63) is 57.0 Å². The van der Waals surface area contributed by atoms with Gasteiger partial charge in [-0.2, -0.15) is 0 Å². The van der Waals surface area contributed by atoms with Gasteiger partial charge in [0.2, 0.25) is 0 Å². The lowest BCUT2D eigenvalue weighted by Gasteiger charge is -2.18. The molecule has 0 amide bonds. The molecule has 0 radical (unpaired) electrons. The fourth-order valence-electron chi connectivity index (χ4n) is 3.89. The number of rotatable bonds is 3. The SMILES string of the molecule is Cn1cnc2c1c(=O)n(CC(=O)n1ccccc1=NC1CCCCC1)c(=O)n2C. The van der Waals surface area contributed by atoms with E-state index in [1.807, 2.05) is 6.07 Å². The van der Waals surface area contributed by atoms with Crippen molar-refractivity contribution in [1.29, 1.82) is 0 Å². The molecule has 3 heterocycles. The highest BCUT2D eigenvalue weighted by molar-refractivity contribution is 5.79. The van der Waals surface area contributed by atoms with Gasteiger partial charge in [0, 0.05) is 20.3 Å². The van der Waals surface area contributed by atoms with E-state index in [1.165, 1.54) is 28.9 Å². The first kappa shape index (κ1) is 19.1. The molecular formula is C20H24N6O3. The standard InChI is InChI=1S/C20H24N6O3/c1-23-13-21-18-17(23)19(28)26(20(29)24(18)2)12-16(27)25-11-7-6-10-15(25)22-14-8-4-3-5-9-14/h6-7,10-11,13-14H,3-5,8-9,12H2,1-2H3. The van der Waals surface area contributed by atoms with Gasteiger partial charge in [-0.25, -0.2) is 14.3 Å². The third-order valence-electron chi connectivity index (χ3n) is 5.49. The number of carbonyl (C=O) groups is 1. The first-order valence-corrected chi connectivity index (χ1v) is 9.83. The van der Waals surface area contributed by atoms with Gasteiger partial charge < -0.3 is 4.57 Å². The zero-order chi connectivity index (χ0) is 20.5. The van der Waals surface area contributed by atoms with Gasteiger partial charge in [0.05, 0.1) is 12.4 Å². The second kappa shape index (κ2) is 7.65. The van der Waals surface area contributed by atoms with Crippen LogP contribution in [-0.4, -0.2) is 35.2 Å². The molecule has 3 aromatic heterocycles. The van der Waals surface area contributed by atoms with E-state index in [4.69, 9.17) is 4.99 Å². The third-order valence-corrected chi connectivity index (χ3v) is 5.49. The Balaban J connectivity index is 1.75. The summed E-state index contributed by atoms with van der Waals surface area (Å²) in [6.45, 7) is -0.367. The van der Waals surface area contributed by atoms with Crippen LogP contribution in [0.5, 0.6) is 0 Å². The van der Waals surface area contributed by atoms with E-state index in [2.05, 4.69) is 4.98 Å². The minimum atomic E-state index is -0.572. The zero-order valence-electron chi connectivity index (χ0n) is 16.6. The van der Waals surface area contributed by atoms with Crippen molar-refractivity contribution in [3.8, 4) is 0 Å². The third kappa shape index (κ3) is 3.48. The minimum Gasteiger partial charge on any atom is -0.328 e. The maximum Gasteiger partial charge on any atom is 0.332 e. The predicted octanol–water partition coefficient (Wildman–Crippen LogP) is 0.809. The van der Waals surface area contributed by atoms with Crippen LogP contribution in [0.4, 0.5) is 0 Å². The minimum absolute atomic E-state index is 0.201. The largest absolute Gasteiger partial charge is 0.332 e. The van der Waals surface area contributed by atoms with Crippen LogP contribution in [0.2, 0.25) is 0 Å². The summed E-state index contributed by atoms with van der Waals surface area (Å²) in [6, 6.07) is 5.56. The zero-order valence-corrected chi connectivity index (χ0v) is 16.6. The summed E-state index contributed by atoms with van der Waals surface area (Å²) in [7, 11) is 3.22. The van der Waals surface area contributed by atoms with Gasteiger partial charge in [0.15, 0.2) is 11.2 Å². The normalized spacial score (nSPS) is 15.9. The first-order valence-electron chi connectivity index (χ1n) is 9.83. The van der Waals surface area contributed by atoms with Crippen molar-refractivity contribution in [3.63, 3.8) is 0 Å². The van der Waals surface area contributed by atoms with E-state index in [-0.39, 0.29) is 24.0 Å². The average Bonchev–Trinajstić information content (AvgIpc) is 3.12. The van der Waals surface area contributed by atoms with Crippen LogP contribution in [0.1, 0.15) is 36.9 Å². The highest BCUT2D eigenvalue weighted by atomic mass is 16.2. The lowest BCUT2D eigenvalue weighted by atomic mass is 9.96. The maximum absolute atomic E-state index is 13.0. The van der Waals surface area contributed by atoms with Crippen LogP contribution in [0.3, 0.4) is 0 Å². The molecule has 3 aromatic rings. The molecule has 152 valence electrons. The van der Waals surface area contributed by atoms with Crippen LogP contribution in [0, 0.1) is 0 Å². The van der Waals surface area contributed by atoms with Crippen LogP contribution < -0.4 is 16.7 Å². The first-order chi connectivity index (χ1) is 14.0. The summed E-state index contributed by atoms with van der Waals surface area (Å²) in [5.41, 5.74) is 0.0307. The van der Waals surface area contributed by atoms with Gasteiger partial charge >= 0.3 is 5.69 Å². The van der Waals surface area contributed by atoms with Crippen molar-refractivity contribution >= 4 is 17.1 Å². The molecule has 0 bridgehead atoms. The molecular weight excluding hydrogens is 372 g/mol. The Morgan fingerprint density at radius 2 is 1.93 bits per heavy atom. The number of pyridine rings is 1.